The first-order valence-corrected chi connectivity index (χ1v) is 12.1. The number of anilines is 1. The van der Waals surface area contributed by atoms with Gasteiger partial charge in [-0.2, -0.15) is 0 Å². The minimum absolute atomic E-state index is 0.113. The molecule has 1 aromatic rings. The number of hydrogen-bond donors (Lipinski definition) is 0. The second-order valence-electron chi connectivity index (χ2n) is 8.56. The Kier molecular flexibility index (Phi) is 7.73. The van der Waals surface area contributed by atoms with E-state index in [2.05, 4.69) is 29.8 Å². The van der Waals surface area contributed by atoms with E-state index in [9.17, 15) is 9.59 Å². The van der Waals surface area contributed by atoms with Crippen molar-refractivity contribution in [1.82, 2.24) is 0 Å². The highest BCUT2D eigenvalue weighted by molar-refractivity contribution is 9.10. The number of nitrogens with zero attached hydrogens (tertiary/aromatic N) is 1. The maximum atomic E-state index is 13.1. The van der Waals surface area contributed by atoms with Crippen LogP contribution >= 0.6 is 15.9 Å². The summed E-state index contributed by atoms with van der Waals surface area (Å²) in [6.07, 6.45) is 11.1. The van der Waals surface area contributed by atoms with Gasteiger partial charge in [-0.25, -0.2) is 0 Å². The number of rotatable bonds is 8. The summed E-state index contributed by atoms with van der Waals surface area (Å²) in [5, 5.41) is 0. The lowest BCUT2D eigenvalue weighted by Crippen LogP contribution is -2.36. The van der Waals surface area contributed by atoms with Crippen LogP contribution < -0.4 is 4.90 Å². The number of fused-ring (bicyclic) bond motifs is 1. The predicted octanol–water partition coefficient (Wildman–Crippen LogP) is 6.32. The standard InChI is InChI=1S/C24H34BrNO2/c1-3-5-7-17-8-10-18(11-9-17)24(28)26-15-14-19-16-20(12-13-22(19)26)23(27)21(25)6-4-2/h12-13,16-18,21H,3-11,14-15H2,1-2H3. The quantitative estimate of drug-likeness (QED) is 0.345. The molecular weight excluding hydrogens is 414 g/mol. The summed E-state index contributed by atoms with van der Waals surface area (Å²) in [6, 6.07) is 5.90. The van der Waals surface area contributed by atoms with E-state index in [1.54, 1.807) is 0 Å². The molecule has 1 atom stereocenters. The van der Waals surface area contributed by atoms with Gasteiger partial charge in [-0.05, 0) is 68.2 Å². The average Bonchev–Trinajstić information content (AvgIpc) is 3.15. The van der Waals surface area contributed by atoms with Gasteiger partial charge < -0.3 is 4.90 Å². The third-order valence-electron chi connectivity index (χ3n) is 6.51. The molecule has 3 rings (SSSR count). The monoisotopic (exact) mass is 447 g/mol. The van der Waals surface area contributed by atoms with Gasteiger partial charge in [-0.15, -0.1) is 0 Å². The molecule has 3 nitrogen and oxygen atoms in total. The molecule has 1 saturated carbocycles. The summed E-state index contributed by atoms with van der Waals surface area (Å²) < 4.78 is 0. The summed E-state index contributed by atoms with van der Waals surface area (Å²) in [4.78, 5) is 27.6. The van der Waals surface area contributed by atoms with Crippen LogP contribution in [0.2, 0.25) is 0 Å². The smallest absolute Gasteiger partial charge is 0.230 e. The summed E-state index contributed by atoms with van der Waals surface area (Å²) in [5.74, 6) is 1.46. The lowest BCUT2D eigenvalue weighted by atomic mass is 9.79. The Morgan fingerprint density at radius 3 is 2.57 bits per heavy atom. The SMILES string of the molecule is CCCCC1CCC(C(=O)N2CCc3cc(C(=O)C(Br)CCC)ccc32)CC1. The predicted molar refractivity (Wildman–Crippen MR) is 119 cm³/mol. The van der Waals surface area contributed by atoms with E-state index in [0.717, 1.165) is 61.4 Å². The zero-order valence-electron chi connectivity index (χ0n) is 17.4. The van der Waals surface area contributed by atoms with E-state index >= 15 is 0 Å². The fourth-order valence-electron chi connectivity index (χ4n) is 4.76. The average molecular weight is 448 g/mol. The van der Waals surface area contributed by atoms with Crippen molar-refractivity contribution in [3.8, 4) is 0 Å². The number of unbranched alkanes of at least 4 members (excludes halogenated alkanes) is 1. The van der Waals surface area contributed by atoms with Gasteiger partial charge in [0.2, 0.25) is 5.91 Å². The number of ketones is 1. The summed E-state index contributed by atoms with van der Waals surface area (Å²) >= 11 is 3.51. The molecular formula is C24H34BrNO2. The van der Waals surface area contributed by atoms with Crippen LogP contribution in [0.5, 0.6) is 0 Å². The van der Waals surface area contributed by atoms with E-state index in [1.807, 2.05) is 23.1 Å². The van der Waals surface area contributed by atoms with Crippen LogP contribution in [0.1, 0.15) is 87.6 Å². The van der Waals surface area contributed by atoms with Crippen molar-refractivity contribution in [3.05, 3.63) is 29.3 Å². The van der Waals surface area contributed by atoms with Crippen LogP contribution in [-0.2, 0) is 11.2 Å². The van der Waals surface area contributed by atoms with Crippen LogP contribution in [-0.4, -0.2) is 23.1 Å². The Bertz CT molecular complexity index is 694. The Morgan fingerprint density at radius 2 is 1.89 bits per heavy atom. The van der Waals surface area contributed by atoms with Crippen LogP contribution in [0.3, 0.4) is 0 Å². The van der Waals surface area contributed by atoms with E-state index in [1.165, 1.54) is 32.1 Å². The summed E-state index contributed by atoms with van der Waals surface area (Å²) in [5.41, 5.74) is 2.93. The fraction of sp³-hybridized carbons (Fsp3) is 0.667. The van der Waals surface area contributed by atoms with Crippen LogP contribution in [0.25, 0.3) is 0 Å². The second kappa shape index (κ2) is 10.0. The van der Waals surface area contributed by atoms with Crippen LogP contribution in [0.15, 0.2) is 18.2 Å². The molecule has 1 amide bonds. The summed E-state index contributed by atoms with van der Waals surface area (Å²) in [6.45, 7) is 5.10. The first-order valence-electron chi connectivity index (χ1n) is 11.2. The topological polar surface area (TPSA) is 37.4 Å². The lowest BCUT2D eigenvalue weighted by Gasteiger charge is -2.30. The molecule has 0 aromatic heterocycles. The Morgan fingerprint density at radius 1 is 1.14 bits per heavy atom. The van der Waals surface area contributed by atoms with E-state index < -0.39 is 0 Å². The highest BCUT2D eigenvalue weighted by atomic mass is 79.9. The first kappa shape index (κ1) is 21.5. The molecule has 0 bridgehead atoms. The molecule has 0 spiro atoms. The number of Topliss-reactive ketones (excluding diaryl/α,β-unsaturated/α-hetero) is 1. The first-order chi connectivity index (χ1) is 13.5. The van der Waals surface area contributed by atoms with Gasteiger partial charge in [0.1, 0.15) is 0 Å². The Hall–Kier alpha value is -1.16. The lowest BCUT2D eigenvalue weighted by molar-refractivity contribution is -0.123. The third-order valence-corrected chi connectivity index (χ3v) is 7.39. The number of halogens is 1. The minimum atomic E-state index is -0.113. The molecule has 4 heteroatoms. The van der Waals surface area contributed by atoms with Crippen molar-refractivity contribution in [1.29, 1.82) is 0 Å². The number of benzene rings is 1. The number of hydrogen-bond acceptors (Lipinski definition) is 2. The molecule has 0 saturated heterocycles. The Balaban J connectivity index is 1.63. The normalized spacial score (nSPS) is 22.8. The minimum Gasteiger partial charge on any atom is -0.312 e. The molecule has 1 aliphatic heterocycles. The highest BCUT2D eigenvalue weighted by Gasteiger charge is 2.33. The van der Waals surface area contributed by atoms with Gasteiger partial charge in [0.05, 0.1) is 4.83 Å². The molecule has 28 heavy (non-hydrogen) atoms. The molecule has 0 N–H and O–H groups in total. The van der Waals surface area contributed by atoms with E-state index in [4.69, 9.17) is 0 Å². The van der Waals surface area contributed by atoms with Crippen molar-refractivity contribution < 1.29 is 9.59 Å². The molecule has 154 valence electrons. The number of carbonyl (C=O) groups is 2. The van der Waals surface area contributed by atoms with Gasteiger partial charge in [0.25, 0.3) is 0 Å². The van der Waals surface area contributed by atoms with E-state index in [-0.39, 0.29) is 16.5 Å². The fourth-order valence-corrected chi connectivity index (χ4v) is 5.48. The van der Waals surface area contributed by atoms with E-state index in [0.29, 0.717) is 5.91 Å². The van der Waals surface area contributed by atoms with Crippen molar-refractivity contribution in [3.63, 3.8) is 0 Å². The zero-order valence-corrected chi connectivity index (χ0v) is 19.0. The molecule has 1 aliphatic carbocycles. The molecule has 1 aromatic carbocycles. The molecule has 1 unspecified atom stereocenters. The van der Waals surface area contributed by atoms with Crippen LogP contribution in [0.4, 0.5) is 5.69 Å². The van der Waals surface area contributed by atoms with Gasteiger partial charge >= 0.3 is 0 Å². The van der Waals surface area contributed by atoms with Crippen molar-refractivity contribution in [2.75, 3.05) is 11.4 Å². The van der Waals surface area contributed by atoms with Crippen molar-refractivity contribution in [2.24, 2.45) is 11.8 Å². The second-order valence-corrected chi connectivity index (χ2v) is 9.67. The molecule has 1 fully saturated rings. The highest BCUT2D eigenvalue weighted by Crippen LogP contribution is 2.36. The molecule has 1 heterocycles. The maximum absolute atomic E-state index is 13.1. The largest absolute Gasteiger partial charge is 0.312 e. The zero-order chi connectivity index (χ0) is 20.1. The van der Waals surface area contributed by atoms with Crippen molar-refractivity contribution >= 4 is 33.3 Å². The van der Waals surface area contributed by atoms with Gasteiger partial charge in [0, 0.05) is 23.7 Å². The van der Waals surface area contributed by atoms with Gasteiger partial charge in [-0.1, -0.05) is 55.5 Å². The molecule has 2 aliphatic rings. The van der Waals surface area contributed by atoms with Crippen molar-refractivity contribution in [2.45, 2.75) is 82.9 Å². The summed E-state index contributed by atoms with van der Waals surface area (Å²) in [7, 11) is 0. The number of alkyl halides is 1. The van der Waals surface area contributed by atoms with Gasteiger partial charge in [0.15, 0.2) is 5.78 Å². The maximum Gasteiger partial charge on any atom is 0.230 e. The Labute approximate surface area is 178 Å². The molecule has 0 radical (unpaired) electrons. The number of carbonyl (C=O) groups excluding carboxylic acids is 2. The van der Waals surface area contributed by atoms with Gasteiger partial charge in [-0.3, -0.25) is 9.59 Å². The number of amides is 1. The van der Waals surface area contributed by atoms with Crippen LogP contribution in [0, 0.1) is 11.8 Å². The third kappa shape index (κ3) is 4.87.